The van der Waals surface area contributed by atoms with Gasteiger partial charge in [-0.15, -0.1) is 0 Å². The quantitative estimate of drug-likeness (QED) is 0.681. The predicted octanol–water partition coefficient (Wildman–Crippen LogP) is 4.06. The molecule has 0 bridgehead atoms. The molecule has 3 heteroatoms. The minimum absolute atomic E-state index is 0.669. The van der Waals surface area contributed by atoms with E-state index in [9.17, 15) is 0 Å². The van der Waals surface area contributed by atoms with E-state index in [0.717, 1.165) is 13.1 Å². The molecule has 0 radical (unpaired) electrons. The van der Waals surface area contributed by atoms with Gasteiger partial charge in [-0.3, -0.25) is 4.68 Å². The van der Waals surface area contributed by atoms with Gasteiger partial charge in [0.25, 0.3) is 0 Å². The van der Waals surface area contributed by atoms with Crippen LogP contribution in [0.15, 0.2) is 12.4 Å². The molecule has 0 atom stereocenters. The van der Waals surface area contributed by atoms with E-state index in [1.807, 2.05) is 6.20 Å². The van der Waals surface area contributed by atoms with Crippen LogP contribution >= 0.6 is 0 Å². The van der Waals surface area contributed by atoms with Gasteiger partial charge in [-0.25, -0.2) is 0 Å². The minimum atomic E-state index is 0.669. The van der Waals surface area contributed by atoms with Crippen molar-refractivity contribution in [2.45, 2.75) is 77.3 Å². The number of unbranched alkanes of at least 4 members (excludes halogenated alkanes) is 4. The monoisotopic (exact) mass is 263 g/mol. The summed E-state index contributed by atoms with van der Waals surface area (Å²) < 4.78 is 2.19. The fourth-order valence-corrected chi connectivity index (χ4v) is 2.92. The first-order valence-corrected chi connectivity index (χ1v) is 8.14. The van der Waals surface area contributed by atoms with E-state index in [0.29, 0.717) is 6.04 Å². The Labute approximate surface area is 117 Å². The fraction of sp³-hybridized carbons (Fsp3) is 0.812. The molecule has 0 unspecified atom stereocenters. The van der Waals surface area contributed by atoms with Gasteiger partial charge in [-0.2, -0.15) is 5.10 Å². The topological polar surface area (TPSA) is 29.9 Å². The lowest BCUT2D eigenvalue weighted by Crippen LogP contribution is -2.14. The molecule has 0 aliphatic heterocycles. The Hall–Kier alpha value is -0.830. The molecule has 3 nitrogen and oxygen atoms in total. The molecule has 1 aromatic rings. The molecule has 1 aliphatic carbocycles. The van der Waals surface area contributed by atoms with Crippen LogP contribution < -0.4 is 5.32 Å². The van der Waals surface area contributed by atoms with Gasteiger partial charge in [-0.05, 0) is 25.8 Å². The second kappa shape index (κ2) is 8.36. The first kappa shape index (κ1) is 14.6. The summed E-state index contributed by atoms with van der Waals surface area (Å²) >= 11 is 0. The first-order chi connectivity index (χ1) is 9.40. The lowest BCUT2D eigenvalue weighted by Gasteiger charge is -2.08. The van der Waals surface area contributed by atoms with Crippen LogP contribution in [0.1, 0.15) is 76.3 Å². The SMILES string of the molecule is CCCCCCCNCc1cnn(C2CCCC2)c1. The second-order valence-electron chi connectivity index (χ2n) is 5.86. The van der Waals surface area contributed by atoms with Crippen molar-refractivity contribution in [3.63, 3.8) is 0 Å². The van der Waals surface area contributed by atoms with Crippen LogP contribution in [0.25, 0.3) is 0 Å². The number of nitrogens with one attached hydrogen (secondary N) is 1. The fourth-order valence-electron chi connectivity index (χ4n) is 2.92. The van der Waals surface area contributed by atoms with Crippen molar-refractivity contribution in [1.82, 2.24) is 15.1 Å². The van der Waals surface area contributed by atoms with E-state index in [1.54, 1.807) is 0 Å². The smallest absolute Gasteiger partial charge is 0.0534 e. The van der Waals surface area contributed by atoms with Gasteiger partial charge >= 0.3 is 0 Å². The molecule has 1 aromatic heterocycles. The summed E-state index contributed by atoms with van der Waals surface area (Å²) in [7, 11) is 0. The highest BCUT2D eigenvalue weighted by molar-refractivity contribution is 5.04. The Morgan fingerprint density at radius 3 is 2.79 bits per heavy atom. The first-order valence-electron chi connectivity index (χ1n) is 8.14. The minimum Gasteiger partial charge on any atom is -0.313 e. The normalized spacial score (nSPS) is 16.3. The molecule has 1 aliphatic rings. The van der Waals surface area contributed by atoms with E-state index in [2.05, 4.69) is 28.2 Å². The molecule has 108 valence electrons. The molecular formula is C16H29N3. The van der Waals surface area contributed by atoms with Gasteiger partial charge in [0.1, 0.15) is 0 Å². The summed E-state index contributed by atoms with van der Waals surface area (Å²) in [6, 6.07) is 0.669. The van der Waals surface area contributed by atoms with Gasteiger partial charge < -0.3 is 5.32 Å². The lowest BCUT2D eigenvalue weighted by molar-refractivity contribution is 0.466. The van der Waals surface area contributed by atoms with Gasteiger partial charge in [0.2, 0.25) is 0 Å². The number of hydrogen-bond acceptors (Lipinski definition) is 2. The predicted molar refractivity (Wildman–Crippen MR) is 80.2 cm³/mol. The van der Waals surface area contributed by atoms with E-state index in [4.69, 9.17) is 0 Å². The molecule has 1 N–H and O–H groups in total. The second-order valence-corrected chi connectivity index (χ2v) is 5.86. The largest absolute Gasteiger partial charge is 0.313 e. The van der Waals surface area contributed by atoms with Crippen molar-refractivity contribution in [1.29, 1.82) is 0 Å². The molecule has 1 fully saturated rings. The molecule has 0 aromatic carbocycles. The maximum atomic E-state index is 4.51. The third-order valence-corrected chi connectivity index (χ3v) is 4.14. The highest BCUT2D eigenvalue weighted by Gasteiger charge is 2.17. The Kier molecular flexibility index (Phi) is 6.42. The van der Waals surface area contributed by atoms with Crippen molar-refractivity contribution in [3.8, 4) is 0 Å². The molecule has 0 amide bonds. The molecule has 1 heterocycles. The van der Waals surface area contributed by atoms with Gasteiger partial charge in [0, 0.05) is 18.3 Å². The van der Waals surface area contributed by atoms with Gasteiger partial charge in [-0.1, -0.05) is 45.4 Å². The van der Waals surface area contributed by atoms with Crippen LogP contribution in [0.2, 0.25) is 0 Å². The summed E-state index contributed by atoms with van der Waals surface area (Å²) in [4.78, 5) is 0. The van der Waals surface area contributed by atoms with Crippen LogP contribution in [0, 0.1) is 0 Å². The molecule has 19 heavy (non-hydrogen) atoms. The molecule has 1 saturated carbocycles. The summed E-state index contributed by atoms with van der Waals surface area (Å²) in [5.41, 5.74) is 1.33. The van der Waals surface area contributed by atoms with Crippen LogP contribution in [0.4, 0.5) is 0 Å². The van der Waals surface area contributed by atoms with Crippen molar-refractivity contribution in [2.24, 2.45) is 0 Å². The maximum absolute atomic E-state index is 4.51. The molecule has 0 spiro atoms. The van der Waals surface area contributed by atoms with E-state index >= 15 is 0 Å². The summed E-state index contributed by atoms with van der Waals surface area (Å²) in [5.74, 6) is 0. The molecule has 0 saturated heterocycles. The highest BCUT2D eigenvalue weighted by Crippen LogP contribution is 2.28. The average Bonchev–Trinajstić information content (AvgIpc) is 3.08. The summed E-state index contributed by atoms with van der Waals surface area (Å²) in [6.07, 6.45) is 16.4. The standard InChI is InChI=1S/C16H29N3/c1-2-3-4-5-8-11-17-12-15-13-18-19(14-15)16-9-6-7-10-16/h13-14,16-17H,2-12H2,1H3. The van der Waals surface area contributed by atoms with Crippen molar-refractivity contribution >= 4 is 0 Å². The van der Waals surface area contributed by atoms with Crippen molar-refractivity contribution < 1.29 is 0 Å². The molecule has 2 rings (SSSR count). The number of rotatable bonds is 9. The summed E-state index contributed by atoms with van der Waals surface area (Å²) in [6.45, 7) is 4.37. The maximum Gasteiger partial charge on any atom is 0.0534 e. The van der Waals surface area contributed by atoms with Crippen LogP contribution in [-0.4, -0.2) is 16.3 Å². The van der Waals surface area contributed by atoms with Crippen molar-refractivity contribution in [2.75, 3.05) is 6.54 Å². The third kappa shape index (κ3) is 4.98. The number of aromatic nitrogens is 2. The Bertz CT molecular complexity index is 340. The Morgan fingerprint density at radius 2 is 2.00 bits per heavy atom. The zero-order valence-corrected chi connectivity index (χ0v) is 12.4. The van der Waals surface area contributed by atoms with Crippen LogP contribution in [0.3, 0.4) is 0 Å². The number of hydrogen-bond donors (Lipinski definition) is 1. The molecular weight excluding hydrogens is 234 g/mol. The zero-order valence-electron chi connectivity index (χ0n) is 12.4. The summed E-state index contributed by atoms with van der Waals surface area (Å²) in [5, 5.41) is 8.04. The highest BCUT2D eigenvalue weighted by atomic mass is 15.3. The third-order valence-electron chi connectivity index (χ3n) is 4.14. The van der Waals surface area contributed by atoms with Gasteiger partial charge in [0.05, 0.1) is 12.2 Å². The van der Waals surface area contributed by atoms with E-state index < -0.39 is 0 Å². The van der Waals surface area contributed by atoms with Crippen molar-refractivity contribution in [3.05, 3.63) is 18.0 Å². The zero-order chi connectivity index (χ0) is 13.3. The Balaban J connectivity index is 1.58. The van der Waals surface area contributed by atoms with E-state index in [1.165, 1.54) is 63.4 Å². The van der Waals surface area contributed by atoms with Crippen LogP contribution in [-0.2, 0) is 6.54 Å². The van der Waals surface area contributed by atoms with Gasteiger partial charge in [0.15, 0.2) is 0 Å². The average molecular weight is 263 g/mol. The van der Waals surface area contributed by atoms with Crippen LogP contribution in [0.5, 0.6) is 0 Å². The Morgan fingerprint density at radius 1 is 1.21 bits per heavy atom. The lowest BCUT2D eigenvalue weighted by atomic mass is 10.1. The van der Waals surface area contributed by atoms with E-state index in [-0.39, 0.29) is 0 Å². The number of nitrogens with zero attached hydrogens (tertiary/aromatic N) is 2.